The molecular formula is C15H20FN4O5P. The Morgan fingerprint density at radius 3 is 2.96 bits per heavy atom. The number of nitrogens with zero attached hydrogens (tertiary/aromatic N) is 4. The van der Waals surface area contributed by atoms with Gasteiger partial charge in [0.1, 0.15) is 24.6 Å². The molecule has 11 heteroatoms. The van der Waals surface area contributed by atoms with Gasteiger partial charge in [-0.1, -0.05) is 0 Å². The summed E-state index contributed by atoms with van der Waals surface area (Å²) < 4.78 is 51.6. The summed E-state index contributed by atoms with van der Waals surface area (Å²) >= 11 is 0. The zero-order valence-electron chi connectivity index (χ0n) is 14.8. The highest BCUT2D eigenvalue weighted by Gasteiger charge is 2.61. The number of fused-ring (bicyclic) bond motifs is 2. The number of halogens is 1. The van der Waals surface area contributed by atoms with Crippen LogP contribution in [-0.2, 0) is 22.9 Å². The Morgan fingerprint density at radius 2 is 2.23 bits per heavy atom. The summed E-state index contributed by atoms with van der Waals surface area (Å²) in [4.78, 5) is 8.33. The molecular weight excluding hydrogens is 366 g/mol. The molecule has 0 aliphatic carbocycles. The molecule has 2 aliphatic heterocycles. The average molecular weight is 386 g/mol. The third-order valence-electron chi connectivity index (χ3n) is 4.47. The maximum atomic E-state index is 15.7. The van der Waals surface area contributed by atoms with E-state index in [4.69, 9.17) is 18.3 Å². The zero-order chi connectivity index (χ0) is 18.7. The molecule has 2 saturated heterocycles. The van der Waals surface area contributed by atoms with Gasteiger partial charge in [-0.3, -0.25) is 13.6 Å². The summed E-state index contributed by atoms with van der Waals surface area (Å²) in [6.45, 7) is 6.44. The summed E-state index contributed by atoms with van der Waals surface area (Å²) in [7, 11) is -3.85. The third kappa shape index (κ3) is 2.76. The van der Waals surface area contributed by atoms with Crippen LogP contribution in [0.2, 0.25) is 0 Å². The van der Waals surface area contributed by atoms with Crippen molar-refractivity contribution >= 4 is 13.5 Å². The second-order valence-electron chi connectivity index (χ2n) is 6.89. The summed E-state index contributed by atoms with van der Waals surface area (Å²) in [5.74, 6) is 0. The van der Waals surface area contributed by atoms with Crippen LogP contribution < -0.4 is 0 Å². The van der Waals surface area contributed by atoms with Crippen molar-refractivity contribution < 1.29 is 27.3 Å². The Morgan fingerprint density at radius 1 is 1.46 bits per heavy atom. The minimum Gasteiger partial charge on any atom is -0.360 e. The van der Waals surface area contributed by atoms with Crippen LogP contribution >= 0.6 is 7.82 Å². The van der Waals surface area contributed by atoms with E-state index in [1.807, 2.05) is 0 Å². The van der Waals surface area contributed by atoms with Crippen LogP contribution in [0.25, 0.3) is 5.65 Å². The van der Waals surface area contributed by atoms with E-state index < -0.39 is 31.8 Å². The van der Waals surface area contributed by atoms with E-state index in [2.05, 4.69) is 15.1 Å². The van der Waals surface area contributed by atoms with Gasteiger partial charge in [0.05, 0.1) is 30.3 Å². The quantitative estimate of drug-likeness (QED) is 0.743. The molecule has 142 valence electrons. The van der Waals surface area contributed by atoms with Crippen molar-refractivity contribution in [1.82, 2.24) is 19.6 Å². The van der Waals surface area contributed by atoms with Crippen LogP contribution in [0.1, 0.15) is 38.3 Å². The minimum atomic E-state index is -3.85. The molecule has 2 aliphatic rings. The Balaban J connectivity index is 1.68. The Hall–Kier alpha value is -1.45. The molecule has 0 N–H and O–H groups in total. The van der Waals surface area contributed by atoms with Crippen molar-refractivity contribution in [2.45, 2.75) is 57.8 Å². The number of ether oxygens (including phenoxy) is 1. The van der Waals surface area contributed by atoms with Crippen molar-refractivity contribution in [3.8, 4) is 0 Å². The molecule has 0 saturated carbocycles. The normalized spacial score (nSPS) is 37.4. The van der Waals surface area contributed by atoms with E-state index in [0.29, 0.717) is 17.0 Å². The second kappa shape index (κ2) is 6.03. The molecule has 0 aromatic carbocycles. The van der Waals surface area contributed by atoms with Gasteiger partial charge >= 0.3 is 7.82 Å². The lowest BCUT2D eigenvalue weighted by atomic mass is 9.93. The van der Waals surface area contributed by atoms with E-state index >= 15 is 4.39 Å². The molecule has 2 aromatic heterocycles. The first-order valence-corrected chi connectivity index (χ1v) is 9.78. The van der Waals surface area contributed by atoms with Gasteiger partial charge in [-0.25, -0.2) is 23.4 Å². The predicted molar refractivity (Wildman–Crippen MR) is 87.3 cm³/mol. The lowest BCUT2D eigenvalue weighted by molar-refractivity contribution is -0.0665. The van der Waals surface area contributed by atoms with Gasteiger partial charge in [0, 0.05) is 0 Å². The van der Waals surface area contributed by atoms with Crippen LogP contribution in [0, 0.1) is 6.92 Å². The van der Waals surface area contributed by atoms with Gasteiger partial charge in [0.25, 0.3) is 0 Å². The average Bonchev–Trinajstić information content (AvgIpc) is 3.07. The van der Waals surface area contributed by atoms with E-state index in [1.54, 1.807) is 20.8 Å². The van der Waals surface area contributed by atoms with E-state index in [1.165, 1.54) is 24.0 Å². The Labute approximate surface area is 149 Å². The van der Waals surface area contributed by atoms with Crippen molar-refractivity contribution in [3.63, 3.8) is 0 Å². The van der Waals surface area contributed by atoms with Gasteiger partial charge in [-0.05, 0) is 27.7 Å². The van der Waals surface area contributed by atoms with Gasteiger partial charge < -0.3 is 4.74 Å². The lowest BCUT2D eigenvalue weighted by Crippen LogP contribution is -2.44. The molecule has 0 radical (unpaired) electrons. The maximum Gasteiger partial charge on any atom is 0.475 e. The first kappa shape index (κ1) is 17.9. The predicted octanol–water partition coefficient (Wildman–Crippen LogP) is 2.55. The largest absolute Gasteiger partial charge is 0.475 e. The van der Waals surface area contributed by atoms with E-state index in [-0.39, 0.29) is 12.7 Å². The molecule has 2 aromatic rings. The van der Waals surface area contributed by atoms with Crippen LogP contribution in [0.15, 0.2) is 12.5 Å². The summed E-state index contributed by atoms with van der Waals surface area (Å²) in [5.41, 5.74) is -0.383. The molecule has 9 nitrogen and oxygen atoms in total. The number of alkyl halides is 1. The highest BCUT2D eigenvalue weighted by molar-refractivity contribution is 7.48. The maximum absolute atomic E-state index is 15.7. The van der Waals surface area contributed by atoms with Gasteiger partial charge in [-0.15, -0.1) is 0 Å². The number of aryl methyl sites for hydroxylation is 1. The minimum absolute atomic E-state index is 0.0879. The van der Waals surface area contributed by atoms with Crippen LogP contribution in [0.5, 0.6) is 0 Å². The second-order valence-corrected chi connectivity index (χ2v) is 8.47. The first-order valence-electron chi connectivity index (χ1n) is 8.32. The van der Waals surface area contributed by atoms with Gasteiger partial charge in [0.2, 0.25) is 0 Å². The van der Waals surface area contributed by atoms with Crippen molar-refractivity contribution in [2.75, 3.05) is 6.61 Å². The number of imidazole rings is 1. The fourth-order valence-electron chi connectivity index (χ4n) is 3.32. The highest BCUT2D eigenvalue weighted by Crippen LogP contribution is 2.60. The van der Waals surface area contributed by atoms with Crippen LogP contribution in [-0.4, -0.2) is 50.2 Å². The standard InChI is InChI=1S/C15H20FN4O5P/c1-8(2)24-26(21)22-6-11-13(25-26)15(4,16)12(23-11)10-5-17-14-9(3)18-7-19-20(10)14/h5,7-8,11-13H,6H2,1-4H3/t11-,12+,13-,15+,26?/m1/s1. The molecule has 0 spiro atoms. The fraction of sp³-hybridized carbons (Fsp3) is 0.667. The number of aromatic nitrogens is 4. The molecule has 1 unspecified atom stereocenters. The Bertz CT molecular complexity index is 888. The number of phosphoric acid groups is 1. The molecule has 5 atom stereocenters. The van der Waals surface area contributed by atoms with Crippen LogP contribution in [0.3, 0.4) is 0 Å². The third-order valence-corrected chi connectivity index (χ3v) is 6.10. The number of phosphoric ester groups is 1. The fourth-order valence-corrected chi connectivity index (χ4v) is 4.96. The molecule has 4 rings (SSSR count). The monoisotopic (exact) mass is 386 g/mol. The highest BCUT2D eigenvalue weighted by atomic mass is 31.2. The van der Waals surface area contributed by atoms with Gasteiger partial charge in [-0.2, -0.15) is 5.10 Å². The smallest absolute Gasteiger partial charge is 0.360 e. The molecule has 2 fully saturated rings. The summed E-state index contributed by atoms with van der Waals surface area (Å²) in [5, 5.41) is 4.14. The number of hydrogen-bond acceptors (Lipinski definition) is 8. The molecule has 26 heavy (non-hydrogen) atoms. The van der Waals surface area contributed by atoms with Crippen molar-refractivity contribution in [1.29, 1.82) is 0 Å². The van der Waals surface area contributed by atoms with Crippen molar-refractivity contribution in [3.05, 3.63) is 23.9 Å². The van der Waals surface area contributed by atoms with Gasteiger partial charge in [0.15, 0.2) is 11.3 Å². The number of rotatable bonds is 3. The van der Waals surface area contributed by atoms with Crippen LogP contribution in [0.4, 0.5) is 4.39 Å². The van der Waals surface area contributed by atoms with E-state index in [0.717, 1.165) is 0 Å². The SMILES string of the molecule is Cc1ncnn2c([C@@H]3O[C@@H]4COP(=O)(OC(C)C)O[C@H]4[C@@]3(C)F)cnc12. The topological polar surface area (TPSA) is 97.1 Å². The number of hydrogen-bond donors (Lipinski definition) is 0. The molecule has 4 heterocycles. The Kier molecular flexibility index (Phi) is 4.16. The molecule has 0 bridgehead atoms. The van der Waals surface area contributed by atoms with Crippen molar-refractivity contribution in [2.24, 2.45) is 0 Å². The zero-order valence-corrected chi connectivity index (χ0v) is 15.7. The van der Waals surface area contributed by atoms with E-state index in [9.17, 15) is 4.57 Å². The summed E-state index contributed by atoms with van der Waals surface area (Å²) in [6, 6.07) is 0. The molecule has 0 amide bonds. The lowest BCUT2D eigenvalue weighted by Gasteiger charge is -2.34. The first-order chi connectivity index (χ1) is 12.2. The summed E-state index contributed by atoms with van der Waals surface area (Å²) in [6.07, 6.45) is -0.353.